The minimum atomic E-state index is -2.02. The summed E-state index contributed by atoms with van der Waals surface area (Å²) in [5.74, 6) is -1.04. The topological polar surface area (TPSA) is 65.2 Å². The van der Waals surface area contributed by atoms with E-state index in [9.17, 15) is 9.18 Å². The Bertz CT molecular complexity index is 400. The minimum Gasteiger partial charge on any atom is -0.464 e. The van der Waals surface area contributed by atoms with Crippen LogP contribution in [0.2, 0.25) is 10.0 Å². The van der Waals surface area contributed by atoms with E-state index in [1.807, 2.05) is 0 Å². The number of alkyl halides is 1. The van der Waals surface area contributed by atoms with Crippen LogP contribution in [0.1, 0.15) is 18.5 Å². The van der Waals surface area contributed by atoms with Crippen LogP contribution in [0.5, 0.6) is 0 Å². The van der Waals surface area contributed by atoms with Gasteiger partial charge in [-0.25, -0.2) is 9.18 Å². The lowest BCUT2D eigenvalue weighted by atomic mass is 10.0. The summed E-state index contributed by atoms with van der Waals surface area (Å²) in [5.41, 5.74) is 5.74. The highest BCUT2D eigenvalue weighted by molar-refractivity contribution is 6.35. The molecule has 2 atom stereocenters. The average Bonchev–Trinajstić information content (AvgIpc) is 2.27. The summed E-state index contributed by atoms with van der Waals surface area (Å²) in [4.78, 5) is 14.9. The van der Waals surface area contributed by atoms with E-state index in [2.05, 4.69) is 9.72 Å². The van der Waals surface area contributed by atoms with Crippen LogP contribution in [0, 0.1) is 0 Å². The molecule has 0 saturated carbocycles. The number of hydrogen-bond donors (Lipinski definition) is 1. The summed E-state index contributed by atoms with van der Waals surface area (Å²) < 4.78 is 18.2. The van der Waals surface area contributed by atoms with Gasteiger partial charge >= 0.3 is 5.97 Å². The number of ether oxygens (including phenoxy) is 1. The van der Waals surface area contributed by atoms with Crippen molar-refractivity contribution in [1.82, 2.24) is 4.98 Å². The van der Waals surface area contributed by atoms with Crippen LogP contribution in [0.4, 0.5) is 4.39 Å². The highest BCUT2D eigenvalue weighted by Crippen LogP contribution is 2.30. The van der Waals surface area contributed by atoms with Gasteiger partial charge in [-0.05, 0) is 6.92 Å². The van der Waals surface area contributed by atoms with Gasteiger partial charge in [-0.2, -0.15) is 0 Å². The van der Waals surface area contributed by atoms with Crippen molar-refractivity contribution in [3.63, 3.8) is 0 Å². The summed E-state index contributed by atoms with van der Waals surface area (Å²) in [5, 5.41) is 0.217. The largest absolute Gasteiger partial charge is 0.464 e. The van der Waals surface area contributed by atoms with Crippen molar-refractivity contribution >= 4 is 41.6 Å². The molecule has 1 unspecified atom stereocenters. The maximum atomic E-state index is 13.7. The maximum Gasteiger partial charge on any atom is 0.342 e. The molecule has 18 heavy (non-hydrogen) atoms. The molecule has 4 nitrogen and oxygen atoms in total. The normalized spacial score (nSPS) is 13.4. The number of carbonyl (C=O) groups excluding carboxylic acids is 1. The van der Waals surface area contributed by atoms with Crippen LogP contribution >= 0.6 is 35.6 Å². The third-order valence-electron chi connectivity index (χ3n) is 2.05. The number of nitrogens with zero attached hydrogens (tertiary/aromatic N) is 1. The van der Waals surface area contributed by atoms with Crippen LogP contribution in [0.15, 0.2) is 12.4 Å². The van der Waals surface area contributed by atoms with E-state index in [1.165, 1.54) is 12.4 Å². The summed E-state index contributed by atoms with van der Waals surface area (Å²) in [6, 6.07) is -1.28. The standard InChI is InChI=1S/C10H11Cl2FN2O2.ClH/c1-2-17-10(16)8(13)9(14)7-5(11)3-15-4-6(7)12;/h3-4,8-9H,2,14H2,1H3;1H/t8?,9-;/m1./s1. The zero-order chi connectivity index (χ0) is 13.0. The first-order valence-corrected chi connectivity index (χ1v) is 5.59. The van der Waals surface area contributed by atoms with E-state index in [0.717, 1.165) is 0 Å². The third-order valence-corrected chi connectivity index (χ3v) is 2.65. The second kappa shape index (κ2) is 7.74. The molecule has 0 aliphatic carbocycles. The fourth-order valence-electron chi connectivity index (χ4n) is 1.25. The number of esters is 1. The first-order valence-electron chi connectivity index (χ1n) is 4.84. The molecule has 0 bridgehead atoms. The van der Waals surface area contributed by atoms with Gasteiger partial charge in [0.25, 0.3) is 0 Å². The van der Waals surface area contributed by atoms with Gasteiger partial charge in [-0.3, -0.25) is 4.98 Å². The molecule has 0 saturated heterocycles. The minimum absolute atomic E-state index is 0. The Balaban J connectivity index is 0.00000289. The maximum absolute atomic E-state index is 13.7. The SMILES string of the molecule is CCOC(=O)C(F)[C@H](N)c1c(Cl)cncc1Cl.Cl. The molecule has 0 aliphatic rings. The van der Waals surface area contributed by atoms with Crippen LogP contribution in [0.3, 0.4) is 0 Å². The van der Waals surface area contributed by atoms with E-state index in [1.54, 1.807) is 6.92 Å². The number of pyridine rings is 1. The lowest BCUT2D eigenvalue weighted by molar-refractivity contribution is -0.149. The summed E-state index contributed by atoms with van der Waals surface area (Å²) >= 11 is 11.6. The van der Waals surface area contributed by atoms with E-state index < -0.39 is 18.2 Å². The first-order chi connectivity index (χ1) is 7.99. The first kappa shape index (κ1) is 17.4. The highest BCUT2D eigenvalue weighted by Gasteiger charge is 2.30. The molecule has 1 aromatic rings. The van der Waals surface area contributed by atoms with E-state index in [0.29, 0.717) is 0 Å². The lowest BCUT2D eigenvalue weighted by Gasteiger charge is -2.17. The number of aromatic nitrogens is 1. The monoisotopic (exact) mass is 316 g/mol. The van der Waals surface area contributed by atoms with Crippen molar-refractivity contribution in [2.24, 2.45) is 5.73 Å². The highest BCUT2D eigenvalue weighted by atomic mass is 35.5. The van der Waals surface area contributed by atoms with Crippen molar-refractivity contribution in [1.29, 1.82) is 0 Å². The van der Waals surface area contributed by atoms with Gasteiger partial charge in [0.2, 0.25) is 6.17 Å². The molecule has 102 valence electrons. The molecule has 0 fully saturated rings. The van der Waals surface area contributed by atoms with Crippen LogP contribution in [-0.2, 0) is 9.53 Å². The second-order valence-corrected chi connectivity index (χ2v) is 4.01. The molecule has 1 rings (SSSR count). The Morgan fingerprint density at radius 2 is 2.00 bits per heavy atom. The van der Waals surface area contributed by atoms with E-state index in [4.69, 9.17) is 28.9 Å². The predicted molar refractivity (Wildman–Crippen MR) is 70.0 cm³/mol. The number of carbonyl (C=O) groups is 1. The van der Waals surface area contributed by atoms with Gasteiger partial charge in [0.1, 0.15) is 0 Å². The zero-order valence-corrected chi connectivity index (χ0v) is 11.7. The van der Waals surface area contributed by atoms with Crippen molar-refractivity contribution in [3.8, 4) is 0 Å². The zero-order valence-electron chi connectivity index (χ0n) is 9.40. The molecule has 0 aromatic carbocycles. The molecular weight excluding hydrogens is 305 g/mol. The van der Waals surface area contributed by atoms with Gasteiger partial charge < -0.3 is 10.5 Å². The fourth-order valence-corrected chi connectivity index (χ4v) is 1.87. The molecule has 0 spiro atoms. The van der Waals surface area contributed by atoms with Crippen molar-refractivity contribution in [2.45, 2.75) is 19.1 Å². The number of rotatable bonds is 4. The molecule has 0 aliphatic heterocycles. The summed E-state index contributed by atoms with van der Waals surface area (Å²) in [6.45, 7) is 1.65. The lowest BCUT2D eigenvalue weighted by Crippen LogP contribution is -2.32. The molecular formula is C10H12Cl3FN2O2. The molecule has 1 aromatic heterocycles. The average molecular weight is 318 g/mol. The van der Waals surface area contributed by atoms with Crippen LogP contribution in [-0.4, -0.2) is 23.7 Å². The summed E-state index contributed by atoms with van der Waals surface area (Å²) in [7, 11) is 0. The molecule has 1 heterocycles. The van der Waals surface area contributed by atoms with Gasteiger partial charge in [0.15, 0.2) is 0 Å². The van der Waals surface area contributed by atoms with Crippen molar-refractivity contribution in [3.05, 3.63) is 28.0 Å². The summed E-state index contributed by atoms with van der Waals surface area (Å²) in [6.07, 6.45) is 0.536. The Kier molecular flexibility index (Phi) is 7.47. The number of halogens is 4. The fraction of sp³-hybridized carbons (Fsp3) is 0.400. The molecule has 2 N–H and O–H groups in total. The molecule has 0 radical (unpaired) electrons. The van der Waals surface area contributed by atoms with E-state index >= 15 is 0 Å². The predicted octanol–water partition coefficient (Wildman–Crippen LogP) is 2.71. The van der Waals surface area contributed by atoms with Gasteiger partial charge in [-0.15, -0.1) is 12.4 Å². The van der Waals surface area contributed by atoms with Crippen LogP contribution in [0.25, 0.3) is 0 Å². The Morgan fingerprint density at radius 3 is 2.44 bits per heavy atom. The third kappa shape index (κ3) is 3.95. The van der Waals surface area contributed by atoms with Gasteiger partial charge in [0, 0.05) is 18.0 Å². The van der Waals surface area contributed by atoms with Crippen molar-refractivity contribution in [2.75, 3.05) is 6.61 Å². The quantitative estimate of drug-likeness (QED) is 0.867. The van der Waals surface area contributed by atoms with Gasteiger partial charge in [-0.1, -0.05) is 23.2 Å². The molecule has 0 amide bonds. The smallest absolute Gasteiger partial charge is 0.342 e. The molecule has 8 heteroatoms. The Hall–Kier alpha value is -0.620. The van der Waals surface area contributed by atoms with Crippen molar-refractivity contribution < 1.29 is 13.9 Å². The second-order valence-electron chi connectivity index (χ2n) is 3.20. The Morgan fingerprint density at radius 1 is 1.50 bits per heavy atom. The van der Waals surface area contributed by atoms with E-state index in [-0.39, 0.29) is 34.6 Å². The van der Waals surface area contributed by atoms with Gasteiger partial charge in [0.05, 0.1) is 22.7 Å². The number of nitrogens with two attached hydrogens (primary N) is 1. The Labute approximate surface area is 120 Å². The number of hydrogen-bond acceptors (Lipinski definition) is 4. The van der Waals surface area contributed by atoms with Crippen LogP contribution < -0.4 is 5.73 Å².